The van der Waals surface area contributed by atoms with E-state index in [0.29, 0.717) is 12.6 Å². The summed E-state index contributed by atoms with van der Waals surface area (Å²) >= 11 is 0. The Labute approximate surface area is 121 Å². The summed E-state index contributed by atoms with van der Waals surface area (Å²) in [6.45, 7) is 4.71. The fourth-order valence-electron chi connectivity index (χ4n) is 2.00. The highest BCUT2D eigenvalue weighted by molar-refractivity contribution is 7.88. The number of sulfonamides is 1. The van der Waals surface area contributed by atoms with E-state index in [1.807, 2.05) is 24.3 Å². The van der Waals surface area contributed by atoms with Crippen molar-refractivity contribution in [1.29, 1.82) is 0 Å². The summed E-state index contributed by atoms with van der Waals surface area (Å²) < 4.78 is 25.6. The second-order valence-electron chi connectivity index (χ2n) is 5.30. The van der Waals surface area contributed by atoms with Crippen LogP contribution in [0.2, 0.25) is 0 Å². The second kappa shape index (κ2) is 6.52. The van der Waals surface area contributed by atoms with Crippen molar-refractivity contribution in [2.45, 2.75) is 31.2 Å². The highest BCUT2D eigenvalue weighted by Crippen LogP contribution is 2.19. The van der Waals surface area contributed by atoms with Gasteiger partial charge in [0.1, 0.15) is 0 Å². The molecule has 1 N–H and O–H groups in total. The monoisotopic (exact) mass is 294 g/mol. The average molecular weight is 294 g/mol. The average Bonchev–Trinajstić information content (AvgIpc) is 3.20. The van der Waals surface area contributed by atoms with Crippen LogP contribution >= 0.6 is 0 Å². The Hall–Kier alpha value is -1.17. The first-order valence-electron chi connectivity index (χ1n) is 6.87. The van der Waals surface area contributed by atoms with Gasteiger partial charge in [-0.15, -0.1) is 6.58 Å². The fraction of sp³-hybridized carbons (Fsp3) is 0.467. The van der Waals surface area contributed by atoms with Gasteiger partial charge >= 0.3 is 0 Å². The third kappa shape index (κ3) is 4.44. The molecule has 0 amide bonds. The molecule has 4 nitrogen and oxygen atoms in total. The van der Waals surface area contributed by atoms with Crippen molar-refractivity contribution in [3.05, 3.63) is 48.0 Å². The van der Waals surface area contributed by atoms with E-state index in [-0.39, 0.29) is 5.75 Å². The molecule has 2 rings (SSSR count). The van der Waals surface area contributed by atoms with Crippen LogP contribution in [0.4, 0.5) is 0 Å². The molecule has 1 aromatic carbocycles. The van der Waals surface area contributed by atoms with Crippen LogP contribution in [0, 0.1) is 0 Å². The number of hydrogen-bond acceptors (Lipinski definition) is 3. The molecule has 0 atom stereocenters. The third-order valence-electron chi connectivity index (χ3n) is 3.37. The van der Waals surface area contributed by atoms with Crippen LogP contribution in [0.5, 0.6) is 0 Å². The molecule has 110 valence electrons. The summed E-state index contributed by atoms with van der Waals surface area (Å²) in [4.78, 5) is 0. The van der Waals surface area contributed by atoms with Crippen LogP contribution < -0.4 is 5.32 Å². The Balaban J connectivity index is 2.00. The Morgan fingerprint density at radius 2 is 2.10 bits per heavy atom. The number of nitrogens with one attached hydrogen (secondary N) is 1. The van der Waals surface area contributed by atoms with Crippen molar-refractivity contribution in [3.63, 3.8) is 0 Å². The predicted molar refractivity (Wildman–Crippen MR) is 81.8 cm³/mol. The molecule has 5 heteroatoms. The lowest BCUT2D eigenvalue weighted by Gasteiger charge is -2.15. The standard InChI is InChI=1S/C15H22N2O2S/c1-3-9-17(2)20(18,19)12-14-6-4-5-13(10-14)11-16-15-7-8-15/h3-6,10,15-16H,1,7-9,11-12H2,2H3. The van der Waals surface area contributed by atoms with Crippen molar-refractivity contribution < 1.29 is 8.42 Å². The fourth-order valence-corrected chi connectivity index (χ4v) is 3.15. The van der Waals surface area contributed by atoms with Gasteiger partial charge in [-0.2, -0.15) is 0 Å². The predicted octanol–water partition coefficient (Wildman–Crippen LogP) is 1.89. The van der Waals surface area contributed by atoms with E-state index >= 15 is 0 Å². The summed E-state index contributed by atoms with van der Waals surface area (Å²) in [5, 5.41) is 3.43. The van der Waals surface area contributed by atoms with Gasteiger partial charge in [0.2, 0.25) is 10.0 Å². The topological polar surface area (TPSA) is 49.4 Å². The van der Waals surface area contributed by atoms with Gasteiger partial charge < -0.3 is 5.32 Å². The van der Waals surface area contributed by atoms with Crippen LogP contribution in [0.15, 0.2) is 36.9 Å². The first-order valence-corrected chi connectivity index (χ1v) is 8.48. The maximum absolute atomic E-state index is 12.1. The van der Waals surface area contributed by atoms with Gasteiger partial charge in [-0.1, -0.05) is 30.3 Å². The van der Waals surface area contributed by atoms with E-state index in [0.717, 1.165) is 17.7 Å². The molecule has 0 radical (unpaired) electrons. The van der Waals surface area contributed by atoms with Gasteiger partial charge in [0.15, 0.2) is 0 Å². The van der Waals surface area contributed by atoms with Crippen LogP contribution in [0.1, 0.15) is 24.0 Å². The SMILES string of the molecule is C=CCN(C)S(=O)(=O)Cc1cccc(CNC2CC2)c1. The van der Waals surface area contributed by atoms with Gasteiger partial charge in [0.05, 0.1) is 5.75 Å². The molecular weight excluding hydrogens is 272 g/mol. The highest BCUT2D eigenvalue weighted by Gasteiger charge is 2.20. The van der Waals surface area contributed by atoms with E-state index < -0.39 is 10.0 Å². The first-order chi connectivity index (χ1) is 9.51. The number of nitrogens with zero attached hydrogens (tertiary/aromatic N) is 1. The summed E-state index contributed by atoms with van der Waals surface area (Å²) in [6, 6.07) is 8.43. The normalized spacial score (nSPS) is 15.5. The summed E-state index contributed by atoms with van der Waals surface area (Å²) in [5.41, 5.74) is 1.96. The zero-order chi connectivity index (χ0) is 14.6. The Kier molecular flexibility index (Phi) is 4.96. The molecule has 0 aliphatic heterocycles. The van der Waals surface area contributed by atoms with Crippen LogP contribution in [-0.2, 0) is 22.3 Å². The molecule has 1 fully saturated rings. The molecule has 0 heterocycles. The zero-order valence-corrected chi connectivity index (χ0v) is 12.7. The highest BCUT2D eigenvalue weighted by atomic mass is 32.2. The second-order valence-corrected chi connectivity index (χ2v) is 7.38. The minimum Gasteiger partial charge on any atom is -0.310 e. The zero-order valence-electron chi connectivity index (χ0n) is 11.9. The number of likely N-dealkylation sites (N-methyl/N-ethyl adjacent to an activating group) is 1. The van der Waals surface area contributed by atoms with Crippen molar-refractivity contribution in [1.82, 2.24) is 9.62 Å². The number of benzene rings is 1. The van der Waals surface area contributed by atoms with Gasteiger partial charge in [-0.05, 0) is 24.0 Å². The lowest BCUT2D eigenvalue weighted by atomic mass is 10.1. The first kappa shape index (κ1) is 15.2. The Morgan fingerprint density at radius 1 is 1.40 bits per heavy atom. The lowest BCUT2D eigenvalue weighted by molar-refractivity contribution is 0.498. The van der Waals surface area contributed by atoms with Crippen molar-refractivity contribution in [2.75, 3.05) is 13.6 Å². The quantitative estimate of drug-likeness (QED) is 0.745. The summed E-state index contributed by atoms with van der Waals surface area (Å²) in [5.74, 6) is 0.0363. The Morgan fingerprint density at radius 3 is 2.75 bits per heavy atom. The van der Waals surface area contributed by atoms with Crippen LogP contribution in [-0.4, -0.2) is 32.4 Å². The number of hydrogen-bond donors (Lipinski definition) is 1. The van der Waals surface area contributed by atoms with Gasteiger partial charge in [-0.25, -0.2) is 12.7 Å². The molecule has 0 saturated heterocycles. The molecule has 0 spiro atoms. The molecule has 20 heavy (non-hydrogen) atoms. The van der Waals surface area contributed by atoms with Crippen LogP contribution in [0.25, 0.3) is 0 Å². The van der Waals surface area contributed by atoms with E-state index in [1.54, 1.807) is 13.1 Å². The smallest absolute Gasteiger partial charge is 0.218 e. The molecule has 1 aliphatic carbocycles. The van der Waals surface area contributed by atoms with E-state index in [4.69, 9.17) is 0 Å². The van der Waals surface area contributed by atoms with Gasteiger partial charge in [0.25, 0.3) is 0 Å². The minimum absolute atomic E-state index is 0.0363. The molecule has 0 aromatic heterocycles. The molecule has 0 bridgehead atoms. The molecule has 1 saturated carbocycles. The minimum atomic E-state index is -3.27. The summed E-state index contributed by atoms with van der Waals surface area (Å²) in [7, 11) is -1.69. The van der Waals surface area contributed by atoms with Gasteiger partial charge in [-0.3, -0.25) is 0 Å². The molecule has 1 aromatic rings. The molecule has 0 unspecified atom stereocenters. The molecule has 1 aliphatic rings. The molecular formula is C15H22N2O2S. The van der Waals surface area contributed by atoms with E-state index in [2.05, 4.69) is 11.9 Å². The lowest BCUT2D eigenvalue weighted by Crippen LogP contribution is -2.28. The maximum Gasteiger partial charge on any atom is 0.218 e. The summed E-state index contributed by atoms with van der Waals surface area (Å²) in [6.07, 6.45) is 4.09. The van der Waals surface area contributed by atoms with E-state index in [9.17, 15) is 8.42 Å². The maximum atomic E-state index is 12.1. The van der Waals surface area contributed by atoms with Crippen LogP contribution in [0.3, 0.4) is 0 Å². The van der Waals surface area contributed by atoms with E-state index in [1.165, 1.54) is 17.1 Å². The largest absolute Gasteiger partial charge is 0.310 e. The van der Waals surface area contributed by atoms with Crippen molar-refractivity contribution in [3.8, 4) is 0 Å². The van der Waals surface area contributed by atoms with Crippen molar-refractivity contribution in [2.24, 2.45) is 0 Å². The number of rotatable bonds is 8. The third-order valence-corrected chi connectivity index (χ3v) is 5.17. The van der Waals surface area contributed by atoms with Crippen molar-refractivity contribution >= 4 is 10.0 Å². The van der Waals surface area contributed by atoms with Gasteiger partial charge in [0, 0.05) is 26.2 Å². The Bertz CT molecular complexity index is 565.